The fourth-order valence-electron chi connectivity index (χ4n) is 2.84. The van der Waals surface area contributed by atoms with Crippen LogP contribution in [-0.4, -0.2) is 37.5 Å². The Kier molecular flexibility index (Phi) is 4.96. The SMILES string of the molecule is CC(C)CC(CN(C)C)NC1C(=O)Nc2ccc(F)cc21. The normalized spacial score (nSPS) is 19.0. The second-order valence-corrected chi connectivity index (χ2v) is 6.41. The number of rotatable bonds is 6. The van der Waals surface area contributed by atoms with Crippen molar-refractivity contribution in [2.24, 2.45) is 5.92 Å². The molecule has 4 nitrogen and oxygen atoms in total. The highest BCUT2D eigenvalue weighted by Crippen LogP contribution is 2.31. The largest absolute Gasteiger partial charge is 0.324 e. The molecule has 0 saturated carbocycles. The Morgan fingerprint density at radius 1 is 1.38 bits per heavy atom. The molecule has 0 fully saturated rings. The second kappa shape index (κ2) is 6.54. The molecule has 2 atom stereocenters. The van der Waals surface area contributed by atoms with Gasteiger partial charge in [0.15, 0.2) is 0 Å². The minimum atomic E-state index is -0.473. The first kappa shape index (κ1) is 15.9. The lowest BCUT2D eigenvalue weighted by atomic mass is 10.0. The molecule has 1 aromatic carbocycles. The van der Waals surface area contributed by atoms with E-state index in [1.807, 2.05) is 14.1 Å². The van der Waals surface area contributed by atoms with Crippen LogP contribution in [0.2, 0.25) is 0 Å². The number of benzene rings is 1. The Balaban J connectivity index is 2.16. The van der Waals surface area contributed by atoms with Crippen molar-refractivity contribution in [2.45, 2.75) is 32.4 Å². The number of fused-ring (bicyclic) bond motifs is 1. The molecule has 2 unspecified atom stereocenters. The fraction of sp³-hybridized carbons (Fsp3) is 0.562. The zero-order chi connectivity index (χ0) is 15.6. The van der Waals surface area contributed by atoms with Gasteiger partial charge in [-0.05, 0) is 44.6 Å². The van der Waals surface area contributed by atoms with E-state index in [0.717, 1.165) is 13.0 Å². The molecule has 1 heterocycles. The van der Waals surface area contributed by atoms with E-state index in [9.17, 15) is 9.18 Å². The maximum absolute atomic E-state index is 13.4. The number of anilines is 1. The molecule has 2 rings (SSSR count). The Labute approximate surface area is 125 Å². The maximum atomic E-state index is 13.4. The summed E-state index contributed by atoms with van der Waals surface area (Å²) in [4.78, 5) is 14.2. The van der Waals surface area contributed by atoms with E-state index in [2.05, 4.69) is 29.4 Å². The highest BCUT2D eigenvalue weighted by atomic mass is 19.1. The first-order valence-corrected chi connectivity index (χ1v) is 7.38. The van der Waals surface area contributed by atoms with Crippen LogP contribution in [0.3, 0.4) is 0 Å². The van der Waals surface area contributed by atoms with Crippen molar-refractivity contribution in [3.05, 3.63) is 29.6 Å². The third kappa shape index (κ3) is 4.02. The van der Waals surface area contributed by atoms with Crippen molar-refractivity contribution in [3.63, 3.8) is 0 Å². The highest BCUT2D eigenvalue weighted by molar-refractivity contribution is 6.02. The maximum Gasteiger partial charge on any atom is 0.246 e. The number of nitrogens with one attached hydrogen (secondary N) is 2. The third-order valence-electron chi connectivity index (χ3n) is 3.59. The molecule has 1 aliphatic heterocycles. The lowest BCUT2D eigenvalue weighted by Crippen LogP contribution is -2.43. The molecule has 5 heteroatoms. The second-order valence-electron chi connectivity index (χ2n) is 6.41. The average molecular weight is 293 g/mol. The quantitative estimate of drug-likeness (QED) is 0.846. The monoisotopic (exact) mass is 293 g/mol. The molecule has 0 radical (unpaired) electrons. The average Bonchev–Trinajstić information content (AvgIpc) is 2.64. The fourth-order valence-corrected chi connectivity index (χ4v) is 2.84. The van der Waals surface area contributed by atoms with Crippen molar-refractivity contribution in [2.75, 3.05) is 26.0 Å². The standard InChI is InChI=1S/C16H24FN3O/c1-10(2)7-12(9-20(3)4)18-15-13-8-11(17)5-6-14(13)19-16(15)21/h5-6,8,10,12,15,18H,7,9H2,1-4H3,(H,19,21). The van der Waals surface area contributed by atoms with E-state index in [1.165, 1.54) is 12.1 Å². The van der Waals surface area contributed by atoms with Crippen molar-refractivity contribution in [1.29, 1.82) is 0 Å². The summed E-state index contributed by atoms with van der Waals surface area (Å²) in [5.74, 6) is 0.104. The van der Waals surface area contributed by atoms with Crippen LogP contribution in [-0.2, 0) is 4.79 Å². The molecule has 0 bridgehead atoms. The Hall–Kier alpha value is -1.46. The number of amides is 1. The Morgan fingerprint density at radius 3 is 2.71 bits per heavy atom. The van der Waals surface area contributed by atoms with Crippen molar-refractivity contribution >= 4 is 11.6 Å². The smallest absolute Gasteiger partial charge is 0.246 e. The van der Waals surface area contributed by atoms with E-state index >= 15 is 0 Å². The van der Waals surface area contributed by atoms with Gasteiger partial charge in [-0.3, -0.25) is 10.1 Å². The molecule has 116 valence electrons. The molecule has 0 aromatic heterocycles. The van der Waals surface area contributed by atoms with E-state index in [0.29, 0.717) is 17.2 Å². The summed E-state index contributed by atoms with van der Waals surface area (Å²) in [6.07, 6.45) is 0.965. The number of hydrogen-bond acceptors (Lipinski definition) is 3. The summed E-state index contributed by atoms with van der Waals surface area (Å²) in [7, 11) is 4.02. The molecule has 21 heavy (non-hydrogen) atoms. The molecule has 0 aliphatic carbocycles. The van der Waals surface area contributed by atoms with Gasteiger partial charge >= 0.3 is 0 Å². The van der Waals surface area contributed by atoms with E-state index in [1.54, 1.807) is 6.07 Å². The van der Waals surface area contributed by atoms with Gasteiger partial charge in [0, 0.05) is 23.8 Å². The number of hydrogen-bond donors (Lipinski definition) is 2. The van der Waals surface area contributed by atoms with E-state index < -0.39 is 6.04 Å². The van der Waals surface area contributed by atoms with Crippen LogP contribution in [0.1, 0.15) is 31.9 Å². The number of halogens is 1. The van der Waals surface area contributed by atoms with Crippen LogP contribution in [0.15, 0.2) is 18.2 Å². The van der Waals surface area contributed by atoms with Gasteiger partial charge in [-0.1, -0.05) is 13.8 Å². The summed E-state index contributed by atoms with van der Waals surface area (Å²) < 4.78 is 13.4. The number of nitrogens with zero attached hydrogens (tertiary/aromatic N) is 1. The third-order valence-corrected chi connectivity index (χ3v) is 3.59. The lowest BCUT2D eigenvalue weighted by Gasteiger charge is -2.26. The number of carbonyl (C=O) groups excluding carboxylic acids is 1. The predicted octanol–water partition coefficient (Wildman–Crippen LogP) is 2.38. The van der Waals surface area contributed by atoms with Gasteiger partial charge < -0.3 is 10.2 Å². The summed E-state index contributed by atoms with van der Waals surface area (Å²) in [5, 5.41) is 6.20. The molecule has 1 aliphatic rings. The molecule has 1 aromatic rings. The topological polar surface area (TPSA) is 44.4 Å². The Morgan fingerprint density at radius 2 is 2.10 bits per heavy atom. The molecule has 0 spiro atoms. The number of likely N-dealkylation sites (N-methyl/N-ethyl adjacent to an activating group) is 1. The first-order valence-electron chi connectivity index (χ1n) is 7.38. The van der Waals surface area contributed by atoms with Gasteiger partial charge in [0.2, 0.25) is 5.91 Å². The van der Waals surface area contributed by atoms with Gasteiger partial charge in [-0.2, -0.15) is 0 Å². The van der Waals surface area contributed by atoms with Crippen molar-refractivity contribution in [1.82, 2.24) is 10.2 Å². The van der Waals surface area contributed by atoms with Gasteiger partial charge in [0.05, 0.1) is 0 Å². The van der Waals surface area contributed by atoms with Crippen LogP contribution in [0.5, 0.6) is 0 Å². The van der Waals surface area contributed by atoms with Crippen LogP contribution >= 0.6 is 0 Å². The van der Waals surface area contributed by atoms with Gasteiger partial charge in [0.25, 0.3) is 0 Å². The molecular weight excluding hydrogens is 269 g/mol. The van der Waals surface area contributed by atoms with Gasteiger partial charge in [-0.25, -0.2) is 4.39 Å². The van der Waals surface area contributed by atoms with Crippen LogP contribution in [0.4, 0.5) is 10.1 Å². The zero-order valence-corrected chi connectivity index (χ0v) is 13.1. The predicted molar refractivity (Wildman–Crippen MR) is 82.7 cm³/mol. The lowest BCUT2D eigenvalue weighted by molar-refractivity contribution is -0.117. The van der Waals surface area contributed by atoms with Crippen molar-refractivity contribution < 1.29 is 9.18 Å². The minimum Gasteiger partial charge on any atom is -0.324 e. The zero-order valence-electron chi connectivity index (χ0n) is 13.1. The molecular formula is C16H24FN3O. The van der Waals surface area contributed by atoms with Crippen LogP contribution < -0.4 is 10.6 Å². The summed E-state index contributed by atoms with van der Waals surface area (Å²) in [6.45, 7) is 5.16. The first-order chi connectivity index (χ1) is 9.86. The molecule has 0 saturated heterocycles. The van der Waals surface area contributed by atoms with Crippen LogP contribution in [0, 0.1) is 11.7 Å². The number of carbonyl (C=O) groups is 1. The van der Waals surface area contributed by atoms with E-state index in [4.69, 9.17) is 0 Å². The Bertz CT molecular complexity index is 506. The minimum absolute atomic E-state index is 0.108. The summed E-state index contributed by atoms with van der Waals surface area (Å²) >= 11 is 0. The molecule has 2 N–H and O–H groups in total. The van der Waals surface area contributed by atoms with Gasteiger partial charge in [0.1, 0.15) is 11.9 Å². The molecule has 1 amide bonds. The van der Waals surface area contributed by atoms with E-state index in [-0.39, 0.29) is 17.8 Å². The summed E-state index contributed by atoms with van der Waals surface area (Å²) in [5.41, 5.74) is 1.40. The highest BCUT2D eigenvalue weighted by Gasteiger charge is 2.32. The van der Waals surface area contributed by atoms with Crippen molar-refractivity contribution in [3.8, 4) is 0 Å². The van der Waals surface area contributed by atoms with Crippen LogP contribution in [0.25, 0.3) is 0 Å². The van der Waals surface area contributed by atoms with Gasteiger partial charge in [-0.15, -0.1) is 0 Å². The summed E-state index contributed by atoms with van der Waals surface area (Å²) in [6, 6.07) is 4.14.